The number of H-pyrrole nitrogens is 1. The monoisotopic (exact) mass is 580 g/mol. The lowest BCUT2D eigenvalue weighted by atomic mass is 10.1. The zero-order valence-electron chi connectivity index (χ0n) is 21.2. The number of amides is 2. The third kappa shape index (κ3) is 5.18. The van der Waals surface area contributed by atoms with Crippen molar-refractivity contribution >= 4 is 55.7 Å². The minimum absolute atomic E-state index is 0.0304. The summed E-state index contributed by atoms with van der Waals surface area (Å²) in [4.78, 5) is 41.6. The van der Waals surface area contributed by atoms with Gasteiger partial charge in [0.25, 0.3) is 15.9 Å². The van der Waals surface area contributed by atoms with E-state index in [1.54, 1.807) is 29.2 Å². The average Bonchev–Trinajstić information content (AvgIpc) is 3.51. The molecule has 4 heterocycles. The van der Waals surface area contributed by atoms with Gasteiger partial charge < -0.3 is 15.2 Å². The molecular formula is C24H29ClN6O5S2. The molecule has 1 fully saturated rings. The van der Waals surface area contributed by atoms with Gasteiger partial charge in [0, 0.05) is 66.5 Å². The lowest BCUT2D eigenvalue weighted by Gasteiger charge is -2.40. The number of hydroxylamine groups is 2. The van der Waals surface area contributed by atoms with Crippen LogP contribution in [0.15, 0.2) is 29.3 Å². The Hall–Kier alpha value is -2.55. The Morgan fingerprint density at radius 2 is 2.08 bits per heavy atom. The number of thiazole rings is 1. The first-order chi connectivity index (χ1) is 18.1. The van der Waals surface area contributed by atoms with Crippen molar-refractivity contribution in [1.82, 2.24) is 29.6 Å². The number of aromatic amines is 1. The Labute approximate surface area is 229 Å². The zero-order chi connectivity index (χ0) is 27.2. The molecule has 2 unspecified atom stereocenters. The van der Waals surface area contributed by atoms with Crippen molar-refractivity contribution < 1.29 is 22.8 Å². The maximum atomic E-state index is 13.6. The second-order valence-corrected chi connectivity index (χ2v) is 13.0. The van der Waals surface area contributed by atoms with E-state index in [-0.39, 0.29) is 48.9 Å². The first-order valence-electron chi connectivity index (χ1n) is 12.2. The second-order valence-electron chi connectivity index (χ2n) is 9.53. The maximum Gasteiger partial charge on any atom is 0.283 e. The number of halogens is 1. The maximum absolute atomic E-state index is 13.6. The highest BCUT2D eigenvalue weighted by molar-refractivity contribution is 7.89. The number of benzene rings is 1. The summed E-state index contributed by atoms with van der Waals surface area (Å²) < 4.78 is 28.5. The molecule has 2 atom stereocenters. The van der Waals surface area contributed by atoms with E-state index >= 15 is 0 Å². The van der Waals surface area contributed by atoms with Gasteiger partial charge in [-0.1, -0.05) is 11.6 Å². The largest absolute Gasteiger partial charge is 0.345 e. The van der Waals surface area contributed by atoms with Crippen LogP contribution in [-0.4, -0.2) is 90.3 Å². The third-order valence-corrected chi connectivity index (χ3v) is 10.1. The molecule has 0 aliphatic carbocycles. The van der Waals surface area contributed by atoms with E-state index in [0.29, 0.717) is 27.5 Å². The zero-order valence-corrected chi connectivity index (χ0v) is 23.6. The van der Waals surface area contributed by atoms with Gasteiger partial charge in [0.05, 0.1) is 25.3 Å². The first-order valence-corrected chi connectivity index (χ1v) is 14.8. The van der Waals surface area contributed by atoms with Crippen LogP contribution in [0, 0.1) is 0 Å². The number of hydrogen-bond acceptors (Lipinski definition) is 8. The molecule has 0 spiro atoms. The molecule has 2 aromatic heterocycles. The Bertz CT molecular complexity index is 1490. The summed E-state index contributed by atoms with van der Waals surface area (Å²) in [5.41, 5.74) is 1.56. The van der Waals surface area contributed by atoms with Crippen LogP contribution in [-0.2, 0) is 32.6 Å². The Kier molecular flexibility index (Phi) is 7.50. The molecule has 1 saturated heterocycles. The molecule has 3 aromatic rings. The molecule has 38 heavy (non-hydrogen) atoms. The van der Waals surface area contributed by atoms with E-state index in [1.807, 2.05) is 0 Å². The van der Waals surface area contributed by atoms with Crippen LogP contribution in [0.4, 0.5) is 0 Å². The molecule has 14 heteroatoms. The summed E-state index contributed by atoms with van der Waals surface area (Å²) in [5, 5.41) is 6.01. The fourth-order valence-corrected chi connectivity index (χ4v) is 7.46. The van der Waals surface area contributed by atoms with Crippen molar-refractivity contribution in [3.63, 3.8) is 0 Å². The molecule has 5 rings (SSSR count). The van der Waals surface area contributed by atoms with Gasteiger partial charge in [-0.05, 0) is 31.2 Å². The van der Waals surface area contributed by atoms with Crippen molar-refractivity contribution in [1.29, 1.82) is 0 Å². The van der Waals surface area contributed by atoms with E-state index in [9.17, 15) is 18.0 Å². The lowest BCUT2D eigenvalue weighted by molar-refractivity contribution is -0.170. The molecule has 11 nitrogen and oxygen atoms in total. The lowest BCUT2D eigenvalue weighted by Crippen LogP contribution is -2.57. The van der Waals surface area contributed by atoms with E-state index in [4.69, 9.17) is 16.4 Å². The number of carbonyl (C=O) groups is 2. The van der Waals surface area contributed by atoms with Gasteiger partial charge >= 0.3 is 0 Å². The molecule has 1 aromatic carbocycles. The van der Waals surface area contributed by atoms with E-state index < -0.39 is 16.1 Å². The highest BCUT2D eigenvalue weighted by Crippen LogP contribution is 2.29. The first kappa shape index (κ1) is 27.0. The average molecular weight is 581 g/mol. The van der Waals surface area contributed by atoms with Crippen LogP contribution < -0.4 is 5.32 Å². The van der Waals surface area contributed by atoms with Crippen molar-refractivity contribution in [2.75, 3.05) is 33.8 Å². The highest BCUT2D eigenvalue weighted by Gasteiger charge is 2.39. The standard InChI is InChI=1S/C24H29ClN6O5S2/c1-14-8-19-20(12-26-14)37-23(28-19)24(33)31-7-6-30(13-17(31)11-22(32)29(2)36-3)38(34,35)21-10-15-9-16(25)4-5-18(15)27-21/h4-5,9-10,14,17,26-27H,6-8,11-13H2,1-3H3. The molecule has 2 aliphatic heterocycles. The fraction of sp³-hybridized carbons (Fsp3) is 0.458. The molecule has 0 bridgehead atoms. The predicted octanol–water partition coefficient (Wildman–Crippen LogP) is 2.24. The quantitative estimate of drug-likeness (QED) is 0.428. The van der Waals surface area contributed by atoms with Crippen LogP contribution in [0.3, 0.4) is 0 Å². The fourth-order valence-electron chi connectivity index (χ4n) is 4.80. The third-order valence-electron chi connectivity index (χ3n) is 6.99. The Balaban J connectivity index is 1.41. The van der Waals surface area contributed by atoms with E-state index in [2.05, 4.69) is 22.2 Å². The summed E-state index contributed by atoms with van der Waals surface area (Å²) in [7, 11) is -1.09. The molecule has 2 amide bonds. The summed E-state index contributed by atoms with van der Waals surface area (Å²) in [6.07, 6.45) is 0.634. The predicted molar refractivity (Wildman–Crippen MR) is 143 cm³/mol. The number of hydrogen-bond donors (Lipinski definition) is 2. The number of rotatable bonds is 6. The number of fused-ring (bicyclic) bond motifs is 2. The van der Waals surface area contributed by atoms with Crippen LogP contribution >= 0.6 is 22.9 Å². The summed E-state index contributed by atoms with van der Waals surface area (Å²) in [6.45, 7) is 2.89. The summed E-state index contributed by atoms with van der Waals surface area (Å²) in [5.74, 6) is -0.668. The Morgan fingerprint density at radius 1 is 1.29 bits per heavy atom. The van der Waals surface area contributed by atoms with Crippen LogP contribution in [0.25, 0.3) is 10.9 Å². The topological polar surface area (TPSA) is 128 Å². The van der Waals surface area contributed by atoms with Crippen LogP contribution in [0.2, 0.25) is 5.02 Å². The molecular weight excluding hydrogens is 552 g/mol. The van der Waals surface area contributed by atoms with Gasteiger partial charge in [-0.2, -0.15) is 4.31 Å². The highest BCUT2D eigenvalue weighted by atomic mass is 35.5. The number of nitrogens with zero attached hydrogens (tertiary/aromatic N) is 4. The minimum atomic E-state index is -3.93. The van der Waals surface area contributed by atoms with Crippen molar-refractivity contribution in [2.45, 2.75) is 43.4 Å². The van der Waals surface area contributed by atoms with Crippen molar-refractivity contribution in [3.8, 4) is 0 Å². The molecule has 0 saturated carbocycles. The number of carbonyl (C=O) groups excluding carboxylic acids is 2. The van der Waals surface area contributed by atoms with Gasteiger partial charge in [-0.25, -0.2) is 18.5 Å². The number of nitrogens with one attached hydrogen (secondary N) is 2. The summed E-state index contributed by atoms with van der Waals surface area (Å²) in [6, 6.07) is 6.21. The molecule has 204 valence electrons. The van der Waals surface area contributed by atoms with Crippen molar-refractivity contribution in [2.24, 2.45) is 0 Å². The van der Waals surface area contributed by atoms with Gasteiger partial charge in [-0.3, -0.25) is 14.4 Å². The van der Waals surface area contributed by atoms with Gasteiger partial charge in [0.2, 0.25) is 5.91 Å². The van der Waals surface area contributed by atoms with Gasteiger partial charge in [0.15, 0.2) is 5.01 Å². The number of piperazine rings is 1. The molecule has 2 aliphatic rings. The van der Waals surface area contributed by atoms with Gasteiger partial charge in [0.1, 0.15) is 5.03 Å². The number of aromatic nitrogens is 2. The minimum Gasteiger partial charge on any atom is -0.345 e. The van der Waals surface area contributed by atoms with Gasteiger partial charge in [-0.15, -0.1) is 11.3 Å². The van der Waals surface area contributed by atoms with Crippen LogP contribution in [0.1, 0.15) is 33.7 Å². The molecule has 2 N–H and O–H groups in total. The normalized spacial score (nSPS) is 20.5. The number of sulfonamides is 1. The van der Waals surface area contributed by atoms with Crippen molar-refractivity contribution in [3.05, 3.63) is 44.9 Å². The second kappa shape index (κ2) is 10.5. The van der Waals surface area contributed by atoms with E-state index in [0.717, 1.165) is 22.1 Å². The Morgan fingerprint density at radius 3 is 2.84 bits per heavy atom. The smallest absolute Gasteiger partial charge is 0.283 e. The molecule has 0 radical (unpaired) electrons. The summed E-state index contributed by atoms with van der Waals surface area (Å²) >= 11 is 7.41. The van der Waals surface area contributed by atoms with E-state index in [1.165, 1.54) is 29.8 Å². The van der Waals surface area contributed by atoms with Crippen LogP contribution in [0.5, 0.6) is 0 Å². The SMILES string of the molecule is CON(C)C(=O)CC1CN(S(=O)(=O)c2cc3cc(Cl)ccc3[nH]2)CCN1C(=O)c1nc2c(s1)CNC(C)C2.